The summed E-state index contributed by atoms with van der Waals surface area (Å²) in [6.07, 6.45) is 2.82. The number of nitrogens with one attached hydrogen (secondary N) is 1. The van der Waals surface area contributed by atoms with Gasteiger partial charge in [0, 0.05) is 13.1 Å². The van der Waals surface area contributed by atoms with Crippen LogP contribution in [0.5, 0.6) is 0 Å². The summed E-state index contributed by atoms with van der Waals surface area (Å²) in [5.74, 6) is 0.818. The predicted molar refractivity (Wildman–Crippen MR) is 69.4 cm³/mol. The van der Waals surface area contributed by atoms with Gasteiger partial charge in [0.15, 0.2) is 0 Å². The van der Waals surface area contributed by atoms with E-state index in [9.17, 15) is 0 Å². The first-order chi connectivity index (χ1) is 7.62. The average molecular weight is 217 g/mol. The average Bonchev–Trinajstić information content (AvgIpc) is 3.02. The number of hydrogen-bond acceptors (Lipinski definition) is 1. The molecule has 0 bridgehead atoms. The van der Waals surface area contributed by atoms with Crippen molar-refractivity contribution in [2.24, 2.45) is 11.3 Å². The van der Waals surface area contributed by atoms with E-state index in [1.165, 1.54) is 30.5 Å². The van der Waals surface area contributed by atoms with Gasteiger partial charge in [-0.05, 0) is 36.7 Å². The number of benzene rings is 1. The molecule has 0 aliphatic heterocycles. The standard InChI is InChI=1S/C15H23N/c1-12(2)15(8-9-15)11-16-10-14-6-4-13(3)5-7-14/h4-7,12,16H,8-11H2,1-3H3. The summed E-state index contributed by atoms with van der Waals surface area (Å²) in [6, 6.07) is 8.81. The maximum absolute atomic E-state index is 3.61. The fourth-order valence-corrected chi connectivity index (χ4v) is 2.28. The Bertz CT molecular complexity index is 333. The van der Waals surface area contributed by atoms with Gasteiger partial charge in [-0.15, -0.1) is 0 Å². The van der Waals surface area contributed by atoms with Crippen molar-refractivity contribution in [2.45, 2.75) is 40.2 Å². The Morgan fingerprint density at radius 1 is 1.19 bits per heavy atom. The normalized spacial score (nSPS) is 17.8. The topological polar surface area (TPSA) is 12.0 Å². The van der Waals surface area contributed by atoms with Crippen LogP contribution in [-0.2, 0) is 6.54 Å². The molecule has 0 saturated heterocycles. The maximum atomic E-state index is 3.61. The lowest BCUT2D eigenvalue weighted by atomic mass is 9.92. The third-order valence-electron chi connectivity index (χ3n) is 4.04. The molecule has 1 nitrogen and oxygen atoms in total. The molecule has 16 heavy (non-hydrogen) atoms. The summed E-state index contributed by atoms with van der Waals surface area (Å²) in [6.45, 7) is 9.02. The van der Waals surface area contributed by atoms with E-state index in [0.717, 1.165) is 12.5 Å². The summed E-state index contributed by atoms with van der Waals surface area (Å²) in [5.41, 5.74) is 3.35. The van der Waals surface area contributed by atoms with Gasteiger partial charge >= 0.3 is 0 Å². The highest BCUT2D eigenvalue weighted by atomic mass is 14.9. The fraction of sp³-hybridized carbons (Fsp3) is 0.600. The second-order valence-corrected chi connectivity index (χ2v) is 5.61. The predicted octanol–water partition coefficient (Wildman–Crippen LogP) is 3.52. The van der Waals surface area contributed by atoms with Gasteiger partial charge in [-0.2, -0.15) is 0 Å². The number of rotatable bonds is 5. The van der Waals surface area contributed by atoms with Crippen molar-refractivity contribution in [2.75, 3.05) is 6.54 Å². The Hall–Kier alpha value is -0.820. The van der Waals surface area contributed by atoms with Crippen molar-refractivity contribution < 1.29 is 0 Å². The number of hydrogen-bond donors (Lipinski definition) is 1. The zero-order valence-electron chi connectivity index (χ0n) is 10.7. The minimum absolute atomic E-state index is 0.616. The van der Waals surface area contributed by atoms with Crippen LogP contribution in [0.1, 0.15) is 37.8 Å². The Balaban J connectivity index is 1.78. The Morgan fingerprint density at radius 3 is 2.31 bits per heavy atom. The molecule has 1 saturated carbocycles. The molecule has 1 heteroatoms. The molecule has 0 radical (unpaired) electrons. The van der Waals surface area contributed by atoms with Gasteiger partial charge in [0.25, 0.3) is 0 Å². The van der Waals surface area contributed by atoms with Gasteiger partial charge in [-0.1, -0.05) is 43.7 Å². The zero-order chi connectivity index (χ0) is 11.6. The Labute approximate surface area is 99.3 Å². The molecule has 88 valence electrons. The summed E-state index contributed by atoms with van der Waals surface area (Å²) in [7, 11) is 0. The van der Waals surface area contributed by atoms with Gasteiger partial charge in [0.05, 0.1) is 0 Å². The molecule has 2 rings (SSSR count). The highest BCUT2D eigenvalue weighted by Crippen LogP contribution is 2.51. The van der Waals surface area contributed by atoms with Crippen LogP contribution in [0.15, 0.2) is 24.3 Å². The van der Waals surface area contributed by atoms with Gasteiger partial charge in [0.1, 0.15) is 0 Å². The molecule has 1 aromatic carbocycles. The van der Waals surface area contributed by atoms with Crippen molar-refractivity contribution in [1.29, 1.82) is 0 Å². The second kappa shape index (κ2) is 4.58. The van der Waals surface area contributed by atoms with E-state index < -0.39 is 0 Å². The first-order valence-electron chi connectivity index (χ1n) is 6.39. The zero-order valence-corrected chi connectivity index (χ0v) is 10.7. The van der Waals surface area contributed by atoms with Gasteiger partial charge in [-0.25, -0.2) is 0 Å². The SMILES string of the molecule is Cc1ccc(CNCC2(C(C)C)CC2)cc1. The Morgan fingerprint density at radius 2 is 1.81 bits per heavy atom. The van der Waals surface area contributed by atoms with E-state index in [4.69, 9.17) is 0 Å². The molecule has 0 heterocycles. The Kier molecular flexibility index (Phi) is 3.34. The number of aryl methyl sites for hydroxylation is 1. The van der Waals surface area contributed by atoms with E-state index in [1.54, 1.807) is 0 Å². The lowest BCUT2D eigenvalue weighted by molar-refractivity contribution is 0.338. The van der Waals surface area contributed by atoms with E-state index in [-0.39, 0.29) is 0 Å². The quantitative estimate of drug-likeness (QED) is 0.795. The monoisotopic (exact) mass is 217 g/mol. The van der Waals surface area contributed by atoms with Crippen LogP contribution in [0.4, 0.5) is 0 Å². The smallest absolute Gasteiger partial charge is 0.0205 e. The summed E-state index contributed by atoms with van der Waals surface area (Å²) >= 11 is 0. The van der Waals surface area contributed by atoms with Crippen LogP contribution < -0.4 is 5.32 Å². The van der Waals surface area contributed by atoms with Crippen molar-refractivity contribution in [3.8, 4) is 0 Å². The van der Waals surface area contributed by atoms with Crippen molar-refractivity contribution >= 4 is 0 Å². The lowest BCUT2D eigenvalue weighted by Crippen LogP contribution is -2.27. The van der Waals surface area contributed by atoms with Gasteiger partial charge in [-0.3, -0.25) is 0 Å². The fourth-order valence-electron chi connectivity index (χ4n) is 2.28. The first-order valence-corrected chi connectivity index (χ1v) is 6.39. The largest absolute Gasteiger partial charge is 0.312 e. The first kappa shape index (κ1) is 11.7. The summed E-state index contributed by atoms with van der Waals surface area (Å²) in [5, 5.41) is 3.61. The van der Waals surface area contributed by atoms with Crippen LogP contribution in [0, 0.1) is 18.3 Å². The molecule has 0 unspecified atom stereocenters. The van der Waals surface area contributed by atoms with Gasteiger partial charge < -0.3 is 5.32 Å². The molecule has 0 spiro atoms. The third kappa shape index (κ3) is 2.65. The molecule has 0 aromatic heterocycles. The maximum Gasteiger partial charge on any atom is 0.0205 e. The van der Waals surface area contributed by atoms with Crippen LogP contribution in [-0.4, -0.2) is 6.54 Å². The molecule has 1 aliphatic carbocycles. The molecular weight excluding hydrogens is 194 g/mol. The summed E-state index contributed by atoms with van der Waals surface area (Å²) in [4.78, 5) is 0. The lowest BCUT2D eigenvalue weighted by Gasteiger charge is -2.20. The molecule has 1 fully saturated rings. The second-order valence-electron chi connectivity index (χ2n) is 5.61. The molecule has 1 aromatic rings. The van der Waals surface area contributed by atoms with E-state index in [2.05, 4.69) is 50.4 Å². The van der Waals surface area contributed by atoms with Crippen LogP contribution in [0.2, 0.25) is 0 Å². The molecule has 0 amide bonds. The van der Waals surface area contributed by atoms with Crippen LogP contribution in [0.3, 0.4) is 0 Å². The van der Waals surface area contributed by atoms with Crippen molar-refractivity contribution in [3.63, 3.8) is 0 Å². The molecular formula is C15H23N. The van der Waals surface area contributed by atoms with Crippen molar-refractivity contribution in [1.82, 2.24) is 5.32 Å². The van der Waals surface area contributed by atoms with E-state index >= 15 is 0 Å². The van der Waals surface area contributed by atoms with E-state index in [1.807, 2.05) is 0 Å². The highest BCUT2D eigenvalue weighted by Gasteiger charge is 2.44. The minimum Gasteiger partial charge on any atom is -0.312 e. The molecule has 0 atom stereocenters. The third-order valence-corrected chi connectivity index (χ3v) is 4.04. The molecule has 1 N–H and O–H groups in total. The minimum atomic E-state index is 0.616. The van der Waals surface area contributed by atoms with Crippen molar-refractivity contribution in [3.05, 3.63) is 35.4 Å². The van der Waals surface area contributed by atoms with Crippen LogP contribution in [0.25, 0.3) is 0 Å². The highest BCUT2D eigenvalue weighted by molar-refractivity contribution is 5.21. The van der Waals surface area contributed by atoms with Gasteiger partial charge in [0.2, 0.25) is 0 Å². The van der Waals surface area contributed by atoms with Crippen LogP contribution >= 0.6 is 0 Å². The van der Waals surface area contributed by atoms with E-state index in [0.29, 0.717) is 5.41 Å². The molecule has 1 aliphatic rings. The summed E-state index contributed by atoms with van der Waals surface area (Å²) < 4.78 is 0.